The summed E-state index contributed by atoms with van der Waals surface area (Å²) in [6.45, 7) is 6.46. The number of fused-ring (bicyclic) bond motifs is 1. The van der Waals surface area contributed by atoms with E-state index in [0.29, 0.717) is 40.1 Å². The van der Waals surface area contributed by atoms with Gasteiger partial charge in [0.1, 0.15) is 11.3 Å². The van der Waals surface area contributed by atoms with E-state index in [4.69, 9.17) is 20.8 Å². The van der Waals surface area contributed by atoms with Crippen molar-refractivity contribution in [3.8, 4) is 17.2 Å². The van der Waals surface area contributed by atoms with Crippen molar-refractivity contribution >= 4 is 50.2 Å². The Morgan fingerprint density at radius 1 is 1.16 bits per heavy atom. The number of amides is 1. The largest absolute Gasteiger partial charge is 0.493 e. The zero-order valence-electron chi connectivity index (χ0n) is 17.3. The molecular weight excluding hydrogens is 480 g/mol. The van der Waals surface area contributed by atoms with Crippen LogP contribution in [0.5, 0.6) is 5.75 Å². The minimum Gasteiger partial charge on any atom is -0.493 e. The van der Waals surface area contributed by atoms with Crippen LogP contribution in [0.2, 0.25) is 5.02 Å². The van der Waals surface area contributed by atoms with Gasteiger partial charge in [-0.3, -0.25) is 4.79 Å². The third-order valence-corrected chi connectivity index (χ3v) is 5.72. The number of aromatic nitrogens is 1. The average molecular weight is 500 g/mol. The summed E-state index contributed by atoms with van der Waals surface area (Å²) < 4.78 is 12.2. The highest BCUT2D eigenvalue weighted by Crippen LogP contribution is 2.34. The van der Waals surface area contributed by atoms with Crippen LogP contribution in [0.1, 0.15) is 28.4 Å². The van der Waals surface area contributed by atoms with Crippen LogP contribution in [-0.2, 0) is 0 Å². The molecule has 0 aliphatic rings. The lowest BCUT2D eigenvalue weighted by Crippen LogP contribution is -2.12. The summed E-state index contributed by atoms with van der Waals surface area (Å²) in [5.74, 6) is 0.851. The standard InChI is InChI=1S/C24H20BrClN2O3/c1-4-30-21-8-5-15(11-18(21)25)23(29)27-16-6-7-19(26)17(12-16)24-28-20-10-13(2)9-14(3)22(20)31-24/h5-12H,4H2,1-3H3,(H,27,29). The second-order valence-electron chi connectivity index (χ2n) is 7.18. The number of hydrogen-bond donors (Lipinski definition) is 1. The monoisotopic (exact) mass is 498 g/mol. The van der Waals surface area contributed by atoms with Gasteiger partial charge in [0, 0.05) is 11.3 Å². The molecule has 0 aliphatic carbocycles. The van der Waals surface area contributed by atoms with E-state index >= 15 is 0 Å². The third-order valence-electron chi connectivity index (χ3n) is 4.77. The number of ether oxygens (including phenoxy) is 1. The molecule has 3 aromatic carbocycles. The minimum atomic E-state index is -0.249. The molecule has 4 rings (SSSR count). The number of nitrogens with zero attached hydrogens (tertiary/aromatic N) is 1. The Hall–Kier alpha value is -2.83. The van der Waals surface area contributed by atoms with Crippen molar-refractivity contribution in [2.75, 3.05) is 11.9 Å². The van der Waals surface area contributed by atoms with Gasteiger partial charge in [0.05, 0.1) is 21.7 Å². The Bertz CT molecular complexity index is 1300. The zero-order valence-corrected chi connectivity index (χ0v) is 19.6. The first kappa shape index (κ1) is 21.4. The number of oxazole rings is 1. The lowest BCUT2D eigenvalue weighted by Gasteiger charge is -2.10. The predicted molar refractivity (Wildman–Crippen MR) is 127 cm³/mol. The number of halogens is 2. The molecule has 0 atom stereocenters. The molecular formula is C24H20BrClN2O3. The van der Waals surface area contributed by atoms with Gasteiger partial charge in [-0.05, 0) is 90.3 Å². The van der Waals surface area contributed by atoms with Crippen LogP contribution < -0.4 is 10.1 Å². The molecule has 31 heavy (non-hydrogen) atoms. The number of aryl methyl sites for hydroxylation is 2. The quantitative estimate of drug-likeness (QED) is 0.316. The molecule has 0 spiro atoms. The van der Waals surface area contributed by atoms with Crippen molar-refractivity contribution in [3.63, 3.8) is 0 Å². The number of hydrogen-bond acceptors (Lipinski definition) is 4. The molecule has 158 valence electrons. The first-order chi connectivity index (χ1) is 14.9. The molecule has 1 aromatic heterocycles. The Morgan fingerprint density at radius 2 is 1.97 bits per heavy atom. The number of anilines is 1. The molecule has 0 saturated carbocycles. The van der Waals surface area contributed by atoms with E-state index in [2.05, 4.69) is 26.2 Å². The van der Waals surface area contributed by atoms with Crippen LogP contribution in [0.3, 0.4) is 0 Å². The van der Waals surface area contributed by atoms with Gasteiger partial charge >= 0.3 is 0 Å². The topological polar surface area (TPSA) is 64.4 Å². The lowest BCUT2D eigenvalue weighted by molar-refractivity contribution is 0.102. The second kappa shape index (κ2) is 8.73. The van der Waals surface area contributed by atoms with Crippen molar-refractivity contribution in [1.29, 1.82) is 0 Å². The van der Waals surface area contributed by atoms with Crippen LogP contribution >= 0.6 is 27.5 Å². The Balaban J connectivity index is 1.63. The van der Waals surface area contributed by atoms with Gasteiger partial charge in [-0.1, -0.05) is 17.7 Å². The molecule has 1 amide bonds. The van der Waals surface area contributed by atoms with Crippen molar-refractivity contribution in [3.05, 3.63) is 74.7 Å². The van der Waals surface area contributed by atoms with Gasteiger partial charge in [0.25, 0.3) is 5.91 Å². The summed E-state index contributed by atoms with van der Waals surface area (Å²) in [7, 11) is 0. The first-order valence-electron chi connectivity index (χ1n) is 9.77. The normalized spacial score (nSPS) is 11.0. The highest BCUT2D eigenvalue weighted by Gasteiger charge is 2.16. The molecule has 0 radical (unpaired) electrons. The van der Waals surface area contributed by atoms with Crippen LogP contribution in [0.4, 0.5) is 5.69 Å². The van der Waals surface area contributed by atoms with E-state index in [1.165, 1.54) is 0 Å². The van der Waals surface area contributed by atoms with Gasteiger partial charge < -0.3 is 14.5 Å². The Kier molecular flexibility index (Phi) is 6.03. The second-order valence-corrected chi connectivity index (χ2v) is 8.44. The fourth-order valence-electron chi connectivity index (χ4n) is 3.38. The van der Waals surface area contributed by atoms with Crippen LogP contribution in [-0.4, -0.2) is 17.5 Å². The van der Waals surface area contributed by atoms with Crippen LogP contribution in [0.15, 0.2) is 57.4 Å². The summed E-state index contributed by atoms with van der Waals surface area (Å²) in [4.78, 5) is 17.3. The Morgan fingerprint density at radius 3 is 2.71 bits per heavy atom. The molecule has 5 nitrogen and oxygen atoms in total. The van der Waals surface area contributed by atoms with E-state index in [9.17, 15) is 4.79 Å². The third kappa shape index (κ3) is 4.45. The SMILES string of the molecule is CCOc1ccc(C(=O)Nc2ccc(Cl)c(-c3nc4cc(C)cc(C)c4o3)c2)cc1Br. The van der Waals surface area contributed by atoms with Crippen molar-refractivity contribution in [2.24, 2.45) is 0 Å². The molecule has 1 N–H and O–H groups in total. The first-order valence-corrected chi connectivity index (χ1v) is 10.9. The fraction of sp³-hybridized carbons (Fsp3) is 0.167. The molecule has 0 aliphatic heterocycles. The number of carbonyl (C=O) groups excluding carboxylic acids is 1. The number of benzene rings is 3. The van der Waals surface area contributed by atoms with Crippen molar-refractivity contribution < 1.29 is 13.9 Å². The van der Waals surface area contributed by atoms with E-state index < -0.39 is 0 Å². The smallest absolute Gasteiger partial charge is 0.255 e. The summed E-state index contributed by atoms with van der Waals surface area (Å²) in [6.07, 6.45) is 0. The number of carbonyl (C=O) groups is 1. The summed E-state index contributed by atoms with van der Waals surface area (Å²) in [6, 6.07) is 14.4. The van der Waals surface area contributed by atoms with Gasteiger partial charge in [0.15, 0.2) is 5.58 Å². The van der Waals surface area contributed by atoms with Crippen LogP contribution in [0, 0.1) is 13.8 Å². The highest BCUT2D eigenvalue weighted by molar-refractivity contribution is 9.10. The lowest BCUT2D eigenvalue weighted by atomic mass is 10.1. The van der Waals surface area contributed by atoms with Gasteiger partial charge in [-0.25, -0.2) is 4.98 Å². The van der Waals surface area contributed by atoms with Gasteiger partial charge in [0.2, 0.25) is 5.89 Å². The van der Waals surface area contributed by atoms with Crippen molar-refractivity contribution in [1.82, 2.24) is 4.98 Å². The molecule has 0 unspecified atom stereocenters. The highest BCUT2D eigenvalue weighted by atomic mass is 79.9. The van der Waals surface area contributed by atoms with Gasteiger partial charge in [-0.15, -0.1) is 0 Å². The summed E-state index contributed by atoms with van der Waals surface area (Å²) in [5, 5.41) is 3.39. The van der Waals surface area contributed by atoms with Crippen molar-refractivity contribution in [2.45, 2.75) is 20.8 Å². The molecule has 0 saturated heterocycles. The number of nitrogens with one attached hydrogen (secondary N) is 1. The maximum Gasteiger partial charge on any atom is 0.255 e. The predicted octanol–water partition coefficient (Wildman–Crippen LogP) is 7.18. The molecule has 0 fully saturated rings. The molecule has 4 aromatic rings. The summed E-state index contributed by atoms with van der Waals surface area (Å²) >= 11 is 9.86. The maximum atomic E-state index is 12.7. The van der Waals surface area contributed by atoms with E-state index in [0.717, 1.165) is 26.7 Å². The molecule has 7 heteroatoms. The van der Waals surface area contributed by atoms with Crippen LogP contribution in [0.25, 0.3) is 22.6 Å². The molecule has 0 bridgehead atoms. The zero-order chi connectivity index (χ0) is 22.1. The van der Waals surface area contributed by atoms with E-state index in [-0.39, 0.29) is 5.91 Å². The van der Waals surface area contributed by atoms with E-state index in [1.54, 1.807) is 36.4 Å². The Labute approximate surface area is 193 Å². The van der Waals surface area contributed by atoms with Gasteiger partial charge in [-0.2, -0.15) is 0 Å². The fourth-order valence-corrected chi connectivity index (χ4v) is 4.07. The summed E-state index contributed by atoms with van der Waals surface area (Å²) in [5.41, 5.74) is 5.32. The maximum absolute atomic E-state index is 12.7. The van der Waals surface area contributed by atoms with E-state index in [1.807, 2.05) is 32.9 Å². The molecule has 1 heterocycles. The minimum absolute atomic E-state index is 0.249. The number of rotatable bonds is 5. The average Bonchev–Trinajstić information content (AvgIpc) is 3.15.